The van der Waals surface area contributed by atoms with Gasteiger partial charge in [0.2, 0.25) is 6.79 Å². The number of carbonyl (C=O) groups excluding carboxylic acids is 1. The summed E-state index contributed by atoms with van der Waals surface area (Å²) in [7, 11) is 1.76. The van der Waals surface area contributed by atoms with Crippen LogP contribution in [0.5, 0.6) is 11.5 Å². The molecule has 1 atom stereocenters. The minimum absolute atomic E-state index is 0.0517. The number of ketones is 1. The summed E-state index contributed by atoms with van der Waals surface area (Å²) in [5, 5.41) is 2.91. The van der Waals surface area contributed by atoms with Gasteiger partial charge in [-0.25, -0.2) is 0 Å². The number of hydrogen-bond acceptors (Lipinski definition) is 4. The molecule has 0 amide bonds. The van der Waals surface area contributed by atoms with Gasteiger partial charge < -0.3 is 14.8 Å². The SMILES string of the molecule is CN[C@H](C)C(=O)c1ccc2c(c1)OCO2. The second kappa shape index (κ2) is 3.90. The monoisotopic (exact) mass is 207 g/mol. The quantitative estimate of drug-likeness (QED) is 0.757. The van der Waals surface area contributed by atoms with Crippen LogP contribution < -0.4 is 14.8 Å². The zero-order valence-electron chi connectivity index (χ0n) is 8.74. The molecule has 0 aromatic heterocycles. The summed E-state index contributed by atoms with van der Waals surface area (Å²) in [5.74, 6) is 1.39. The Balaban J connectivity index is 2.26. The van der Waals surface area contributed by atoms with Gasteiger partial charge in [0, 0.05) is 5.56 Å². The Morgan fingerprint density at radius 1 is 1.40 bits per heavy atom. The van der Waals surface area contributed by atoms with Crippen LogP contribution >= 0.6 is 0 Å². The van der Waals surface area contributed by atoms with E-state index in [9.17, 15) is 4.79 Å². The molecular formula is C11H13NO3. The number of hydrogen-bond donors (Lipinski definition) is 1. The van der Waals surface area contributed by atoms with Crippen molar-refractivity contribution in [2.75, 3.05) is 13.8 Å². The molecule has 15 heavy (non-hydrogen) atoms. The van der Waals surface area contributed by atoms with Crippen molar-refractivity contribution in [3.05, 3.63) is 23.8 Å². The van der Waals surface area contributed by atoms with Gasteiger partial charge in [0.25, 0.3) is 0 Å². The van der Waals surface area contributed by atoms with Crippen molar-refractivity contribution >= 4 is 5.78 Å². The van der Waals surface area contributed by atoms with E-state index in [1.54, 1.807) is 25.2 Å². The standard InChI is InChI=1S/C11H13NO3/c1-7(12-2)11(13)8-3-4-9-10(5-8)15-6-14-9/h3-5,7,12H,6H2,1-2H3/t7-/m1/s1. The van der Waals surface area contributed by atoms with E-state index in [0.717, 1.165) is 0 Å². The largest absolute Gasteiger partial charge is 0.454 e. The van der Waals surface area contributed by atoms with E-state index in [-0.39, 0.29) is 18.6 Å². The smallest absolute Gasteiger partial charge is 0.231 e. The van der Waals surface area contributed by atoms with Crippen molar-refractivity contribution in [3.8, 4) is 11.5 Å². The molecule has 0 aliphatic carbocycles. The molecule has 1 N–H and O–H groups in total. The molecule has 2 rings (SSSR count). The third-order valence-electron chi connectivity index (χ3n) is 2.48. The topological polar surface area (TPSA) is 47.6 Å². The lowest BCUT2D eigenvalue weighted by atomic mass is 10.1. The summed E-state index contributed by atoms with van der Waals surface area (Å²) in [6, 6.07) is 5.05. The van der Waals surface area contributed by atoms with Gasteiger partial charge in [-0.3, -0.25) is 4.79 Å². The van der Waals surface area contributed by atoms with Crippen LogP contribution in [0, 0.1) is 0 Å². The van der Waals surface area contributed by atoms with E-state index in [1.165, 1.54) is 0 Å². The zero-order chi connectivity index (χ0) is 10.8. The minimum Gasteiger partial charge on any atom is -0.454 e. The van der Waals surface area contributed by atoms with E-state index in [2.05, 4.69) is 5.32 Å². The number of ether oxygens (including phenoxy) is 2. The molecule has 0 saturated carbocycles. The molecular weight excluding hydrogens is 194 g/mol. The van der Waals surface area contributed by atoms with Crippen LogP contribution in [0.2, 0.25) is 0 Å². The van der Waals surface area contributed by atoms with Crippen molar-refractivity contribution in [3.63, 3.8) is 0 Å². The van der Waals surface area contributed by atoms with Crippen molar-refractivity contribution in [1.82, 2.24) is 5.32 Å². The molecule has 0 spiro atoms. The average Bonchev–Trinajstić information content (AvgIpc) is 2.73. The lowest BCUT2D eigenvalue weighted by Gasteiger charge is -2.09. The molecule has 1 aromatic rings. The molecule has 4 heteroatoms. The van der Waals surface area contributed by atoms with E-state index >= 15 is 0 Å². The lowest BCUT2D eigenvalue weighted by molar-refractivity contribution is 0.0954. The highest BCUT2D eigenvalue weighted by Gasteiger charge is 2.18. The van der Waals surface area contributed by atoms with Gasteiger partial charge >= 0.3 is 0 Å². The summed E-state index contributed by atoms with van der Waals surface area (Å²) < 4.78 is 10.4. The molecule has 1 aliphatic rings. The first kappa shape index (κ1) is 9.98. The Hall–Kier alpha value is -1.55. The summed E-state index contributed by atoms with van der Waals surface area (Å²) >= 11 is 0. The predicted octanol–water partition coefficient (Wildman–Crippen LogP) is 1.21. The van der Waals surface area contributed by atoms with Crippen molar-refractivity contribution in [2.24, 2.45) is 0 Å². The Kier molecular flexibility index (Phi) is 2.60. The molecule has 4 nitrogen and oxygen atoms in total. The average molecular weight is 207 g/mol. The maximum absolute atomic E-state index is 11.8. The number of carbonyl (C=O) groups is 1. The summed E-state index contributed by atoms with van der Waals surface area (Å²) in [5.41, 5.74) is 0.640. The molecule has 0 radical (unpaired) electrons. The van der Waals surface area contributed by atoms with Crippen LogP contribution in [0.1, 0.15) is 17.3 Å². The Morgan fingerprint density at radius 3 is 2.87 bits per heavy atom. The van der Waals surface area contributed by atoms with Crippen LogP contribution in [0.4, 0.5) is 0 Å². The Morgan fingerprint density at radius 2 is 2.13 bits per heavy atom. The lowest BCUT2D eigenvalue weighted by Crippen LogP contribution is -2.30. The first-order chi connectivity index (χ1) is 7.22. The zero-order valence-corrected chi connectivity index (χ0v) is 8.74. The van der Waals surface area contributed by atoms with E-state index in [1.807, 2.05) is 6.92 Å². The van der Waals surface area contributed by atoms with Crippen molar-refractivity contribution in [1.29, 1.82) is 0 Å². The fourth-order valence-electron chi connectivity index (χ4n) is 1.43. The number of likely N-dealkylation sites (N-methyl/N-ethyl adjacent to an activating group) is 1. The minimum atomic E-state index is -0.189. The van der Waals surface area contributed by atoms with Gasteiger partial charge in [-0.15, -0.1) is 0 Å². The fraction of sp³-hybridized carbons (Fsp3) is 0.364. The van der Waals surface area contributed by atoms with Gasteiger partial charge in [0.1, 0.15) is 0 Å². The first-order valence-electron chi connectivity index (χ1n) is 4.83. The second-order valence-corrected chi connectivity index (χ2v) is 3.44. The van der Waals surface area contributed by atoms with E-state index in [0.29, 0.717) is 17.1 Å². The van der Waals surface area contributed by atoms with Crippen LogP contribution in [0.25, 0.3) is 0 Å². The summed E-state index contributed by atoms with van der Waals surface area (Å²) in [6.07, 6.45) is 0. The van der Waals surface area contributed by atoms with Crippen molar-refractivity contribution in [2.45, 2.75) is 13.0 Å². The predicted molar refractivity (Wildman–Crippen MR) is 55.4 cm³/mol. The molecule has 1 heterocycles. The fourth-order valence-corrected chi connectivity index (χ4v) is 1.43. The number of rotatable bonds is 3. The second-order valence-electron chi connectivity index (χ2n) is 3.44. The summed E-state index contributed by atoms with van der Waals surface area (Å²) in [4.78, 5) is 11.8. The number of benzene rings is 1. The molecule has 0 bridgehead atoms. The molecule has 1 aromatic carbocycles. The first-order valence-corrected chi connectivity index (χ1v) is 4.83. The van der Waals surface area contributed by atoms with Gasteiger partial charge in [0.15, 0.2) is 17.3 Å². The normalized spacial score (nSPS) is 15.1. The highest BCUT2D eigenvalue weighted by molar-refractivity contribution is 6.00. The maximum Gasteiger partial charge on any atom is 0.231 e. The van der Waals surface area contributed by atoms with E-state index in [4.69, 9.17) is 9.47 Å². The van der Waals surface area contributed by atoms with Gasteiger partial charge in [0.05, 0.1) is 6.04 Å². The van der Waals surface area contributed by atoms with Gasteiger partial charge in [-0.2, -0.15) is 0 Å². The van der Waals surface area contributed by atoms with Gasteiger partial charge in [-0.05, 0) is 32.2 Å². The maximum atomic E-state index is 11.8. The molecule has 0 fully saturated rings. The van der Waals surface area contributed by atoms with Crippen molar-refractivity contribution < 1.29 is 14.3 Å². The highest BCUT2D eigenvalue weighted by atomic mass is 16.7. The molecule has 0 saturated heterocycles. The Labute approximate surface area is 88.2 Å². The van der Waals surface area contributed by atoms with Crippen LogP contribution in [-0.2, 0) is 0 Å². The number of fused-ring (bicyclic) bond motifs is 1. The van der Waals surface area contributed by atoms with E-state index < -0.39 is 0 Å². The number of Topliss-reactive ketones (excluding diaryl/α,β-unsaturated/α-hetero) is 1. The molecule has 1 aliphatic heterocycles. The molecule has 0 unspecified atom stereocenters. The Bertz CT molecular complexity index is 389. The third-order valence-corrected chi connectivity index (χ3v) is 2.48. The van der Waals surface area contributed by atoms with Crippen LogP contribution in [0.15, 0.2) is 18.2 Å². The number of nitrogens with one attached hydrogen (secondary N) is 1. The summed E-state index contributed by atoms with van der Waals surface area (Å²) in [6.45, 7) is 2.06. The van der Waals surface area contributed by atoms with Crippen LogP contribution in [-0.4, -0.2) is 25.7 Å². The van der Waals surface area contributed by atoms with Gasteiger partial charge in [-0.1, -0.05) is 0 Å². The van der Waals surface area contributed by atoms with Crippen LogP contribution in [0.3, 0.4) is 0 Å². The third kappa shape index (κ3) is 1.80. The highest BCUT2D eigenvalue weighted by Crippen LogP contribution is 2.32. The molecule has 80 valence electrons.